The standard InChI is InChI=1S/C18H32NO6PS/c1-6-19(7-2)14-17(15-26(20,23-8-3)24-9-4)25-27(21,22)18-12-10-16(5)11-13-18/h10-13,17H,6-9,14-15H2,1-5H3. The molecule has 0 aliphatic heterocycles. The van der Waals surface area contributed by atoms with Gasteiger partial charge in [-0.05, 0) is 46.0 Å². The van der Waals surface area contributed by atoms with Crippen molar-refractivity contribution >= 4 is 17.7 Å². The highest BCUT2D eigenvalue weighted by Crippen LogP contribution is 2.49. The Hall–Kier alpha value is -0.760. The Bertz CT molecular complexity index is 693. The lowest BCUT2D eigenvalue weighted by molar-refractivity contribution is 0.146. The van der Waals surface area contributed by atoms with Crippen molar-refractivity contribution in [2.45, 2.75) is 45.6 Å². The van der Waals surface area contributed by atoms with E-state index in [9.17, 15) is 13.0 Å². The van der Waals surface area contributed by atoms with Crippen LogP contribution in [0.2, 0.25) is 0 Å². The summed E-state index contributed by atoms with van der Waals surface area (Å²) in [6.45, 7) is 11.4. The van der Waals surface area contributed by atoms with Gasteiger partial charge in [0.2, 0.25) is 0 Å². The predicted molar refractivity (Wildman–Crippen MR) is 107 cm³/mol. The maximum Gasteiger partial charge on any atom is 0.333 e. The van der Waals surface area contributed by atoms with Crippen LogP contribution in [0.25, 0.3) is 0 Å². The molecular formula is C18H32NO6PS. The molecule has 0 heterocycles. The smallest absolute Gasteiger partial charge is 0.309 e. The van der Waals surface area contributed by atoms with Crippen molar-refractivity contribution in [2.75, 3.05) is 39.0 Å². The summed E-state index contributed by atoms with van der Waals surface area (Å²) in [6, 6.07) is 6.43. The Morgan fingerprint density at radius 1 is 1.00 bits per heavy atom. The van der Waals surface area contributed by atoms with Crippen LogP contribution in [-0.2, 0) is 27.9 Å². The van der Waals surface area contributed by atoms with Gasteiger partial charge in [-0.2, -0.15) is 8.42 Å². The van der Waals surface area contributed by atoms with Crippen LogP contribution in [0.5, 0.6) is 0 Å². The second-order valence-electron chi connectivity index (χ2n) is 6.10. The van der Waals surface area contributed by atoms with Crippen LogP contribution < -0.4 is 0 Å². The van der Waals surface area contributed by atoms with Gasteiger partial charge in [0.15, 0.2) is 0 Å². The molecule has 1 aromatic rings. The third-order valence-electron chi connectivity index (χ3n) is 4.01. The van der Waals surface area contributed by atoms with Crippen molar-refractivity contribution in [1.82, 2.24) is 4.90 Å². The molecule has 1 unspecified atom stereocenters. The third kappa shape index (κ3) is 8.02. The molecule has 0 amide bonds. The molecule has 0 saturated heterocycles. The van der Waals surface area contributed by atoms with Gasteiger partial charge < -0.3 is 13.9 Å². The van der Waals surface area contributed by atoms with E-state index in [2.05, 4.69) is 0 Å². The second kappa shape index (κ2) is 11.3. The summed E-state index contributed by atoms with van der Waals surface area (Å²) < 4.78 is 54.4. The first-order chi connectivity index (χ1) is 12.7. The molecule has 1 atom stereocenters. The maximum absolute atomic E-state index is 12.9. The van der Waals surface area contributed by atoms with Crippen LogP contribution >= 0.6 is 7.60 Å². The molecule has 1 rings (SSSR count). The van der Waals surface area contributed by atoms with Crippen molar-refractivity contribution in [2.24, 2.45) is 0 Å². The van der Waals surface area contributed by atoms with E-state index in [0.29, 0.717) is 19.6 Å². The predicted octanol–water partition coefficient (Wildman–Crippen LogP) is 3.68. The summed E-state index contributed by atoms with van der Waals surface area (Å²) in [5, 5.41) is 0. The quantitative estimate of drug-likeness (QED) is 0.355. The zero-order valence-corrected chi connectivity index (χ0v) is 18.6. The van der Waals surface area contributed by atoms with E-state index in [1.165, 1.54) is 12.1 Å². The van der Waals surface area contributed by atoms with E-state index in [1.807, 2.05) is 25.7 Å². The Morgan fingerprint density at radius 2 is 1.52 bits per heavy atom. The lowest BCUT2D eigenvalue weighted by atomic mass is 10.2. The van der Waals surface area contributed by atoms with E-state index in [0.717, 1.165) is 5.56 Å². The van der Waals surface area contributed by atoms with Crippen LogP contribution in [-0.4, -0.2) is 58.4 Å². The number of hydrogen-bond acceptors (Lipinski definition) is 7. The minimum atomic E-state index is -4.00. The van der Waals surface area contributed by atoms with Crippen molar-refractivity contribution in [3.05, 3.63) is 29.8 Å². The second-order valence-corrected chi connectivity index (χ2v) is 9.78. The van der Waals surface area contributed by atoms with Crippen molar-refractivity contribution in [1.29, 1.82) is 0 Å². The van der Waals surface area contributed by atoms with Gasteiger partial charge in [-0.25, -0.2) is 0 Å². The number of aryl methyl sites for hydroxylation is 1. The van der Waals surface area contributed by atoms with E-state index < -0.39 is 23.8 Å². The van der Waals surface area contributed by atoms with Gasteiger partial charge in [-0.1, -0.05) is 31.5 Å². The van der Waals surface area contributed by atoms with Crippen molar-refractivity contribution in [3.63, 3.8) is 0 Å². The summed E-state index contributed by atoms with van der Waals surface area (Å²) in [6.07, 6.45) is -0.976. The monoisotopic (exact) mass is 421 g/mol. The molecule has 0 aromatic heterocycles. The molecule has 0 saturated carbocycles. The zero-order valence-electron chi connectivity index (χ0n) is 16.9. The summed E-state index contributed by atoms with van der Waals surface area (Å²) in [5.41, 5.74) is 0.950. The largest absolute Gasteiger partial charge is 0.333 e. The van der Waals surface area contributed by atoms with Crippen LogP contribution in [0.1, 0.15) is 33.3 Å². The van der Waals surface area contributed by atoms with Gasteiger partial charge in [-0.15, -0.1) is 0 Å². The lowest BCUT2D eigenvalue weighted by Gasteiger charge is -2.27. The Balaban J connectivity index is 3.09. The fourth-order valence-electron chi connectivity index (χ4n) is 2.61. The van der Waals surface area contributed by atoms with Gasteiger partial charge in [0, 0.05) is 6.54 Å². The average molecular weight is 421 g/mol. The van der Waals surface area contributed by atoms with E-state index >= 15 is 0 Å². The Morgan fingerprint density at radius 3 is 1.96 bits per heavy atom. The van der Waals surface area contributed by atoms with Crippen molar-refractivity contribution < 1.29 is 26.2 Å². The first-order valence-electron chi connectivity index (χ1n) is 9.30. The molecule has 0 radical (unpaired) electrons. The Kier molecular flexibility index (Phi) is 10.2. The van der Waals surface area contributed by atoms with E-state index in [4.69, 9.17) is 13.2 Å². The number of benzene rings is 1. The fraction of sp³-hybridized carbons (Fsp3) is 0.667. The Labute approximate surface area is 163 Å². The van der Waals surface area contributed by atoms with E-state index in [-0.39, 0.29) is 24.3 Å². The molecule has 0 spiro atoms. The number of rotatable bonds is 13. The zero-order chi connectivity index (χ0) is 20.5. The van der Waals surface area contributed by atoms with Gasteiger partial charge in [0.1, 0.15) is 6.10 Å². The normalized spacial score (nSPS) is 13.9. The average Bonchev–Trinajstić information content (AvgIpc) is 2.59. The minimum absolute atomic E-state index is 0.0697. The van der Waals surface area contributed by atoms with Gasteiger partial charge in [0.25, 0.3) is 10.1 Å². The third-order valence-corrected chi connectivity index (χ3v) is 7.54. The number of likely N-dealkylation sites (N-methyl/N-ethyl adjacent to an activating group) is 1. The first kappa shape index (κ1) is 24.3. The molecule has 0 N–H and O–H groups in total. The highest BCUT2D eigenvalue weighted by Gasteiger charge is 2.33. The van der Waals surface area contributed by atoms with Crippen LogP contribution in [0.3, 0.4) is 0 Å². The minimum Gasteiger partial charge on any atom is -0.309 e. The highest BCUT2D eigenvalue weighted by atomic mass is 32.2. The van der Waals surface area contributed by atoms with Gasteiger partial charge in [0.05, 0.1) is 24.3 Å². The molecule has 9 heteroatoms. The molecule has 7 nitrogen and oxygen atoms in total. The van der Waals surface area contributed by atoms with E-state index in [1.54, 1.807) is 26.0 Å². The number of hydrogen-bond donors (Lipinski definition) is 0. The molecule has 0 fully saturated rings. The highest BCUT2D eigenvalue weighted by molar-refractivity contribution is 7.86. The number of nitrogens with zero attached hydrogens (tertiary/aromatic N) is 1. The maximum atomic E-state index is 12.9. The lowest BCUT2D eigenvalue weighted by Crippen LogP contribution is -2.37. The topological polar surface area (TPSA) is 82.1 Å². The molecule has 0 aliphatic rings. The first-order valence-corrected chi connectivity index (χ1v) is 12.4. The summed E-state index contributed by atoms with van der Waals surface area (Å²) in [4.78, 5) is 2.08. The molecule has 1 aromatic carbocycles. The SMILES string of the molecule is CCOP(=O)(CC(CN(CC)CC)OS(=O)(=O)c1ccc(C)cc1)OCC. The van der Waals surface area contributed by atoms with Crippen LogP contribution in [0, 0.1) is 6.92 Å². The molecule has 27 heavy (non-hydrogen) atoms. The fourth-order valence-corrected chi connectivity index (χ4v) is 5.54. The van der Waals surface area contributed by atoms with Gasteiger partial charge in [-0.3, -0.25) is 8.75 Å². The van der Waals surface area contributed by atoms with Crippen molar-refractivity contribution in [3.8, 4) is 0 Å². The summed E-state index contributed by atoms with van der Waals surface area (Å²) in [7, 11) is -7.45. The summed E-state index contributed by atoms with van der Waals surface area (Å²) >= 11 is 0. The summed E-state index contributed by atoms with van der Waals surface area (Å²) in [5.74, 6) is 0. The molecule has 0 aliphatic carbocycles. The molecule has 0 bridgehead atoms. The molecule has 156 valence electrons. The van der Waals surface area contributed by atoms with Gasteiger partial charge >= 0.3 is 7.60 Å². The van der Waals surface area contributed by atoms with Crippen LogP contribution in [0.15, 0.2) is 29.2 Å². The van der Waals surface area contributed by atoms with Crippen LogP contribution in [0.4, 0.5) is 0 Å². The molecular weight excluding hydrogens is 389 g/mol.